The molecule has 5 nitrogen and oxygen atoms in total. The zero-order valence-corrected chi connectivity index (χ0v) is 12.4. The first-order chi connectivity index (χ1) is 8.91. The van der Waals surface area contributed by atoms with E-state index in [0.717, 1.165) is 30.5 Å². The second-order valence-electron chi connectivity index (χ2n) is 6.70. The van der Waals surface area contributed by atoms with E-state index in [-0.39, 0.29) is 11.4 Å². The Hall–Kier alpha value is -1.17. The quantitative estimate of drug-likeness (QED) is 0.875. The fraction of sp³-hybridized carbons (Fsp3) is 0.769. The summed E-state index contributed by atoms with van der Waals surface area (Å²) in [5.74, 6) is 2.52. The van der Waals surface area contributed by atoms with Crippen LogP contribution in [-0.2, 0) is 5.41 Å². The minimum absolute atomic E-state index is 0.0837. The van der Waals surface area contributed by atoms with Gasteiger partial charge in [-0.3, -0.25) is 5.32 Å². The molecule has 0 aromatic carbocycles. The molecule has 1 aromatic heterocycles. The van der Waals surface area contributed by atoms with Crippen LogP contribution in [0.2, 0.25) is 0 Å². The molecule has 3 rings (SSSR count). The number of fused-ring (bicyclic) bond motifs is 1. The lowest BCUT2D eigenvalue weighted by atomic mass is 9.96. The fourth-order valence-electron chi connectivity index (χ4n) is 2.73. The lowest BCUT2D eigenvalue weighted by Gasteiger charge is -2.14. The number of aromatic nitrogens is 2. The van der Waals surface area contributed by atoms with E-state index in [4.69, 9.17) is 0 Å². The molecule has 0 saturated heterocycles. The Morgan fingerprint density at radius 1 is 1.26 bits per heavy atom. The van der Waals surface area contributed by atoms with Crippen LogP contribution in [0.1, 0.15) is 45.9 Å². The zero-order valence-electron chi connectivity index (χ0n) is 11.6. The van der Waals surface area contributed by atoms with Gasteiger partial charge in [-0.05, 0) is 31.1 Å². The number of nitrogens with one attached hydrogen (secondary N) is 2. The molecule has 0 aliphatic heterocycles. The van der Waals surface area contributed by atoms with Crippen LogP contribution in [0.15, 0.2) is 0 Å². The highest BCUT2D eigenvalue weighted by Crippen LogP contribution is 2.51. The van der Waals surface area contributed by atoms with Crippen LogP contribution >= 0.6 is 11.5 Å². The SMILES string of the molecule is CC(C)(C)c1nsc(NC(=O)NC2CC3CC3C2)n1. The van der Waals surface area contributed by atoms with Crippen LogP contribution in [0.4, 0.5) is 9.93 Å². The van der Waals surface area contributed by atoms with Gasteiger partial charge < -0.3 is 5.32 Å². The fourth-order valence-corrected chi connectivity index (χ4v) is 3.48. The Labute approximate surface area is 117 Å². The molecule has 2 unspecified atom stereocenters. The Kier molecular flexibility index (Phi) is 3.00. The van der Waals surface area contributed by atoms with E-state index in [0.29, 0.717) is 11.2 Å². The third-order valence-electron chi connectivity index (χ3n) is 3.90. The number of urea groups is 1. The number of carbonyl (C=O) groups excluding carboxylic acids is 1. The van der Waals surface area contributed by atoms with Crippen molar-refractivity contribution < 1.29 is 4.79 Å². The van der Waals surface area contributed by atoms with Gasteiger partial charge in [-0.15, -0.1) is 0 Å². The summed E-state index contributed by atoms with van der Waals surface area (Å²) in [5, 5.41) is 6.39. The lowest BCUT2D eigenvalue weighted by molar-refractivity contribution is 0.247. The van der Waals surface area contributed by atoms with Crippen molar-refractivity contribution >= 4 is 22.7 Å². The molecule has 2 amide bonds. The molecule has 2 N–H and O–H groups in total. The molecule has 19 heavy (non-hydrogen) atoms. The van der Waals surface area contributed by atoms with Crippen LogP contribution in [0.3, 0.4) is 0 Å². The van der Waals surface area contributed by atoms with Crippen molar-refractivity contribution in [3.63, 3.8) is 0 Å². The Morgan fingerprint density at radius 2 is 1.95 bits per heavy atom. The largest absolute Gasteiger partial charge is 0.335 e. The second-order valence-corrected chi connectivity index (χ2v) is 7.45. The number of carbonyl (C=O) groups is 1. The first kappa shape index (κ1) is 12.8. The average Bonchev–Trinajstić information content (AvgIpc) is 2.75. The Bertz CT molecular complexity index is 483. The maximum Gasteiger partial charge on any atom is 0.321 e. The number of amides is 2. The van der Waals surface area contributed by atoms with E-state index in [2.05, 4.69) is 40.8 Å². The summed E-state index contributed by atoms with van der Waals surface area (Å²) in [7, 11) is 0. The Morgan fingerprint density at radius 3 is 2.53 bits per heavy atom. The highest BCUT2D eigenvalue weighted by molar-refractivity contribution is 7.09. The van der Waals surface area contributed by atoms with Gasteiger partial charge in [0.2, 0.25) is 5.13 Å². The first-order valence-electron chi connectivity index (χ1n) is 6.83. The van der Waals surface area contributed by atoms with Crippen molar-refractivity contribution in [2.24, 2.45) is 11.8 Å². The molecule has 104 valence electrons. The standard InChI is InChI=1S/C13H20N4OS/c1-13(2,3)10-15-12(19-17-10)16-11(18)14-9-5-7-4-8(7)6-9/h7-9H,4-6H2,1-3H3,(H2,14,15,16,17,18). The maximum atomic E-state index is 11.9. The van der Waals surface area contributed by atoms with Gasteiger partial charge in [-0.25, -0.2) is 9.78 Å². The average molecular weight is 280 g/mol. The molecule has 1 aromatic rings. The molecule has 6 heteroatoms. The monoisotopic (exact) mass is 280 g/mol. The van der Waals surface area contributed by atoms with E-state index >= 15 is 0 Å². The summed E-state index contributed by atoms with van der Waals surface area (Å²) in [4.78, 5) is 16.2. The summed E-state index contributed by atoms with van der Waals surface area (Å²) in [5.41, 5.74) is -0.0837. The summed E-state index contributed by atoms with van der Waals surface area (Å²) < 4.78 is 4.28. The topological polar surface area (TPSA) is 66.9 Å². The van der Waals surface area contributed by atoms with Crippen LogP contribution in [0, 0.1) is 11.8 Å². The molecule has 0 spiro atoms. The molecular weight excluding hydrogens is 260 g/mol. The van der Waals surface area contributed by atoms with Gasteiger partial charge in [0.15, 0.2) is 0 Å². The summed E-state index contributed by atoms with van der Waals surface area (Å²) in [6.45, 7) is 6.18. The van der Waals surface area contributed by atoms with E-state index in [9.17, 15) is 4.79 Å². The predicted molar refractivity (Wildman–Crippen MR) is 75.4 cm³/mol. The van der Waals surface area contributed by atoms with Gasteiger partial charge in [-0.1, -0.05) is 20.8 Å². The van der Waals surface area contributed by atoms with E-state index < -0.39 is 0 Å². The smallest absolute Gasteiger partial charge is 0.321 e. The number of anilines is 1. The van der Waals surface area contributed by atoms with Crippen molar-refractivity contribution in [1.29, 1.82) is 0 Å². The van der Waals surface area contributed by atoms with Gasteiger partial charge in [0, 0.05) is 23.0 Å². The summed E-state index contributed by atoms with van der Waals surface area (Å²) in [6, 6.07) is 0.196. The van der Waals surface area contributed by atoms with Crippen molar-refractivity contribution in [1.82, 2.24) is 14.7 Å². The Balaban J connectivity index is 1.53. The molecule has 0 bridgehead atoms. The second kappa shape index (κ2) is 4.44. The highest BCUT2D eigenvalue weighted by atomic mass is 32.1. The van der Waals surface area contributed by atoms with Crippen LogP contribution in [-0.4, -0.2) is 21.4 Å². The van der Waals surface area contributed by atoms with Crippen LogP contribution < -0.4 is 10.6 Å². The summed E-state index contributed by atoms with van der Waals surface area (Å²) >= 11 is 1.24. The minimum Gasteiger partial charge on any atom is -0.335 e. The molecule has 2 aliphatic carbocycles. The van der Waals surface area contributed by atoms with Crippen molar-refractivity contribution in [2.75, 3.05) is 5.32 Å². The molecule has 2 saturated carbocycles. The molecule has 1 heterocycles. The summed E-state index contributed by atoms with van der Waals surface area (Å²) in [6.07, 6.45) is 3.65. The van der Waals surface area contributed by atoms with Crippen molar-refractivity contribution in [2.45, 2.75) is 51.5 Å². The van der Waals surface area contributed by atoms with Gasteiger partial charge in [0.1, 0.15) is 5.82 Å². The predicted octanol–water partition coefficient (Wildman–Crippen LogP) is 2.76. The molecule has 2 aliphatic rings. The molecule has 2 atom stereocenters. The van der Waals surface area contributed by atoms with Gasteiger partial charge in [-0.2, -0.15) is 4.37 Å². The van der Waals surface area contributed by atoms with E-state index in [1.807, 2.05) is 0 Å². The van der Waals surface area contributed by atoms with E-state index in [1.54, 1.807) is 0 Å². The lowest BCUT2D eigenvalue weighted by Crippen LogP contribution is -2.37. The van der Waals surface area contributed by atoms with Crippen LogP contribution in [0.5, 0.6) is 0 Å². The highest BCUT2D eigenvalue weighted by Gasteiger charge is 2.46. The van der Waals surface area contributed by atoms with Crippen LogP contribution in [0.25, 0.3) is 0 Å². The van der Waals surface area contributed by atoms with Gasteiger partial charge in [0.05, 0.1) is 0 Å². The first-order valence-corrected chi connectivity index (χ1v) is 7.61. The number of nitrogens with zero attached hydrogens (tertiary/aromatic N) is 2. The van der Waals surface area contributed by atoms with Crippen molar-refractivity contribution in [3.8, 4) is 0 Å². The molecular formula is C13H20N4OS. The third kappa shape index (κ3) is 2.88. The van der Waals surface area contributed by atoms with Gasteiger partial charge >= 0.3 is 6.03 Å². The van der Waals surface area contributed by atoms with E-state index in [1.165, 1.54) is 18.0 Å². The van der Waals surface area contributed by atoms with Crippen molar-refractivity contribution in [3.05, 3.63) is 5.82 Å². The molecule has 2 fully saturated rings. The van der Waals surface area contributed by atoms with Gasteiger partial charge in [0.25, 0.3) is 0 Å². The number of rotatable bonds is 2. The minimum atomic E-state index is -0.150. The zero-order chi connectivity index (χ0) is 13.6. The normalized spacial score (nSPS) is 28.9. The number of hydrogen-bond donors (Lipinski definition) is 2. The maximum absolute atomic E-state index is 11.9. The number of hydrogen-bond acceptors (Lipinski definition) is 4. The third-order valence-corrected chi connectivity index (χ3v) is 4.53. The molecule has 0 radical (unpaired) electrons.